The summed E-state index contributed by atoms with van der Waals surface area (Å²) in [5, 5.41) is 8.86. The number of fused-ring (bicyclic) bond motifs is 1. The average Bonchev–Trinajstić information content (AvgIpc) is 2.61. The van der Waals surface area contributed by atoms with E-state index in [1.807, 2.05) is 17.5 Å². The second-order valence-corrected chi connectivity index (χ2v) is 3.99. The molecule has 0 amide bonds. The number of carboxylic acid groups (broad SMARTS) is 1. The van der Waals surface area contributed by atoms with Gasteiger partial charge in [0.25, 0.3) is 0 Å². The van der Waals surface area contributed by atoms with E-state index in [2.05, 4.69) is 9.97 Å². The summed E-state index contributed by atoms with van der Waals surface area (Å²) in [4.78, 5) is 19.1. The Kier molecular flexibility index (Phi) is 2.60. The van der Waals surface area contributed by atoms with Crippen molar-refractivity contribution in [2.24, 2.45) is 5.92 Å². The molecule has 1 atom stereocenters. The van der Waals surface area contributed by atoms with Crippen LogP contribution in [0.2, 0.25) is 0 Å². The van der Waals surface area contributed by atoms with Gasteiger partial charge in [-0.25, -0.2) is 9.97 Å². The van der Waals surface area contributed by atoms with Gasteiger partial charge in [0.15, 0.2) is 0 Å². The third-order valence-electron chi connectivity index (χ3n) is 2.51. The maximum absolute atomic E-state index is 10.8. The highest BCUT2D eigenvalue weighted by Gasteiger charge is 2.14. The normalized spacial score (nSPS) is 12.9. The van der Waals surface area contributed by atoms with Crippen molar-refractivity contribution in [1.29, 1.82) is 0 Å². The number of aliphatic carboxylic acids is 1. The number of hydrogen-bond acceptors (Lipinski definition) is 3. The number of imidazole rings is 1. The van der Waals surface area contributed by atoms with Gasteiger partial charge in [-0.3, -0.25) is 9.20 Å². The van der Waals surface area contributed by atoms with E-state index in [1.54, 1.807) is 19.3 Å². The molecule has 0 aliphatic heterocycles. The topological polar surface area (TPSA) is 67.5 Å². The van der Waals surface area contributed by atoms with Crippen molar-refractivity contribution in [3.63, 3.8) is 0 Å². The first kappa shape index (κ1) is 10.6. The molecule has 0 bridgehead atoms. The minimum Gasteiger partial charge on any atom is -0.481 e. The van der Waals surface area contributed by atoms with E-state index in [0.717, 1.165) is 11.3 Å². The van der Waals surface area contributed by atoms with Crippen molar-refractivity contribution in [3.8, 4) is 0 Å². The number of aryl methyl sites for hydroxylation is 1. The highest BCUT2D eigenvalue weighted by Crippen LogP contribution is 2.11. The lowest BCUT2D eigenvalue weighted by molar-refractivity contribution is -0.141. The minimum absolute atomic E-state index is 0.416. The predicted octanol–water partition coefficient (Wildman–Crippen LogP) is 1.30. The Morgan fingerprint density at radius 2 is 2.19 bits per heavy atom. The van der Waals surface area contributed by atoms with Gasteiger partial charge in [0.05, 0.1) is 12.1 Å². The predicted molar refractivity (Wildman–Crippen MR) is 58.2 cm³/mol. The zero-order valence-corrected chi connectivity index (χ0v) is 9.21. The fourth-order valence-electron chi connectivity index (χ4n) is 1.57. The Morgan fingerprint density at radius 1 is 1.50 bits per heavy atom. The van der Waals surface area contributed by atoms with Gasteiger partial charge in [-0.15, -0.1) is 0 Å². The van der Waals surface area contributed by atoms with Crippen LogP contribution < -0.4 is 0 Å². The van der Waals surface area contributed by atoms with E-state index in [-0.39, 0.29) is 0 Å². The molecule has 1 N–H and O–H groups in total. The number of hydrogen-bond donors (Lipinski definition) is 1. The molecule has 2 aromatic heterocycles. The third-order valence-corrected chi connectivity index (χ3v) is 2.51. The molecular formula is C11H13N3O2. The van der Waals surface area contributed by atoms with E-state index in [1.165, 1.54) is 0 Å². The van der Waals surface area contributed by atoms with Gasteiger partial charge >= 0.3 is 5.97 Å². The Labute approximate surface area is 92.8 Å². The largest absolute Gasteiger partial charge is 0.481 e. The average molecular weight is 219 g/mol. The van der Waals surface area contributed by atoms with Crippen LogP contribution in [-0.4, -0.2) is 25.4 Å². The van der Waals surface area contributed by atoms with E-state index in [0.29, 0.717) is 12.2 Å². The highest BCUT2D eigenvalue weighted by molar-refractivity contribution is 5.69. The van der Waals surface area contributed by atoms with Crippen molar-refractivity contribution in [3.05, 3.63) is 29.8 Å². The van der Waals surface area contributed by atoms with Gasteiger partial charge in [-0.05, 0) is 12.5 Å². The smallest absolute Gasteiger partial charge is 0.306 e. The third kappa shape index (κ3) is 1.88. The van der Waals surface area contributed by atoms with Crippen molar-refractivity contribution < 1.29 is 9.90 Å². The summed E-state index contributed by atoms with van der Waals surface area (Å²) in [5.41, 5.74) is 1.90. The maximum Gasteiger partial charge on any atom is 0.306 e. The van der Waals surface area contributed by atoms with Gasteiger partial charge in [-0.2, -0.15) is 0 Å². The van der Waals surface area contributed by atoms with E-state index in [4.69, 9.17) is 5.11 Å². The zero-order valence-electron chi connectivity index (χ0n) is 9.21. The first-order valence-electron chi connectivity index (χ1n) is 5.09. The number of aromatic nitrogens is 3. The number of carbonyl (C=O) groups is 1. The molecule has 0 saturated carbocycles. The zero-order chi connectivity index (χ0) is 11.7. The molecule has 16 heavy (non-hydrogen) atoms. The monoisotopic (exact) mass is 219 g/mol. The molecule has 5 heteroatoms. The standard InChI is InChI=1S/C11H13N3O2/c1-7-4-12-11-13-5-9(14(11)6-7)3-8(2)10(15)16/h4-6,8H,3H2,1-2H3,(H,15,16). The number of carboxylic acids is 1. The summed E-state index contributed by atoms with van der Waals surface area (Å²) in [7, 11) is 0. The van der Waals surface area contributed by atoms with Gasteiger partial charge in [0.1, 0.15) is 0 Å². The highest BCUT2D eigenvalue weighted by atomic mass is 16.4. The van der Waals surface area contributed by atoms with Crippen LogP contribution in [0.1, 0.15) is 18.2 Å². The van der Waals surface area contributed by atoms with E-state index < -0.39 is 11.9 Å². The van der Waals surface area contributed by atoms with Crippen LogP contribution in [0, 0.1) is 12.8 Å². The molecule has 0 radical (unpaired) electrons. The van der Waals surface area contributed by atoms with Crippen LogP contribution in [-0.2, 0) is 11.2 Å². The van der Waals surface area contributed by atoms with Crippen molar-refractivity contribution in [2.75, 3.05) is 0 Å². The molecule has 2 rings (SSSR count). The van der Waals surface area contributed by atoms with Crippen molar-refractivity contribution in [2.45, 2.75) is 20.3 Å². The second-order valence-electron chi connectivity index (χ2n) is 3.99. The van der Waals surface area contributed by atoms with Gasteiger partial charge in [0.2, 0.25) is 5.78 Å². The molecule has 84 valence electrons. The summed E-state index contributed by atoms with van der Waals surface area (Å²) in [5.74, 6) is -0.603. The molecule has 0 saturated heterocycles. The Morgan fingerprint density at radius 3 is 2.88 bits per heavy atom. The van der Waals surface area contributed by atoms with E-state index in [9.17, 15) is 4.79 Å². The van der Waals surface area contributed by atoms with Crippen LogP contribution >= 0.6 is 0 Å². The Hall–Kier alpha value is -1.91. The molecule has 1 unspecified atom stereocenters. The minimum atomic E-state index is -0.796. The van der Waals surface area contributed by atoms with Crippen molar-refractivity contribution in [1.82, 2.24) is 14.4 Å². The quantitative estimate of drug-likeness (QED) is 0.844. The van der Waals surface area contributed by atoms with Crippen LogP contribution in [0.5, 0.6) is 0 Å². The summed E-state index contributed by atoms with van der Waals surface area (Å²) >= 11 is 0. The lowest BCUT2D eigenvalue weighted by Gasteiger charge is -2.05. The van der Waals surface area contributed by atoms with Gasteiger partial charge in [0, 0.05) is 24.5 Å². The maximum atomic E-state index is 10.8. The van der Waals surface area contributed by atoms with Crippen molar-refractivity contribution >= 4 is 11.7 Å². The number of nitrogens with zero attached hydrogens (tertiary/aromatic N) is 3. The summed E-state index contributed by atoms with van der Waals surface area (Å²) in [6.07, 6.45) is 5.80. The van der Waals surface area contributed by atoms with Crippen LogP contribution in [0.3, 0.4) is 0 Å². The summed E-state index contributed by atoms with van der Waals surface area (Å²) in [6.45, 7) is 3.63. The lowest BCUT2D eigenvalue weighted by Crippen LogP contribution is -2.13. The molecule has 0 fully saturated rings. The molecule has 5 nitrogen and oxygen atoms in total. The van der Waals surface area contributed by atoms with Gasteiger partial charge in [-0.1, -0.05) is 6.92 Å². The first-order chi connectivity index (χ1) is 7.58. The summed E-state index contributed by atoms with van der Waals surface area (Å²) in [6, 6.07) is 0. The second kappa shape index (κ2) is 3.92. The van der Waals surface area contributed by atoms with Crippen LogP contribution in [0.25, 0.3) is 5.78 Å². The first-order valence-corrected chi connectivity index (χ1v) is 5.09. The lowest BCUT2D eigenvalue weighted by atomic mass is 10.1. The van der Waals surface area contributed by atoms with Crippen LogP contribution in [0.4, 0.5) is 0 Å². The van der Waals surface area contributed by atoms with Crippen LogP contribution in [0.15, 0.2) is 18.6 Å². The fraction of sp³-hybridized carbons (Fsp3) is 0.364. The van der Waals surface area contributed by atoms with E-state index >= 15 is 0 Å². The molecule has 2 heterocycles. The molecular weight excluding hydrogens is 206 g/mol. The molecule has 0 aliphatic carbocycles. The molecule has 2 aromatic rings. The summed E-state index contributed by atoms with van der Waals surface area (Å²) < 4.78 is 1.84. The molecule has 0 aliphatic rings. The Balaban J connectivity index is 2.37. The Bertz CT molecular complexity index is 533. The number of rotatable bonds is 3. The van der Waals surface area contributed by atoms with Gasteiger partial charge < -0.3 is 5.11 Å². The fourth-order valence-corrected chi connectivity index (χ4v) is 1.57. The molecule has 0 spiro atoms. The molecule has 0 aromatic carbocycles. The SMILES string of the molecule is Cc1cnc2ncc(CC(C)C(=O)O)n2c1.